The van der Waals surface area contributed by atoms with E-state index in [9.17, 15) is 5.11 Å². The Labute approximate surface area is 129 Å². The number of phenols is 1. The van der Waals surface area contributed by atoms with Crippen LogP contribution in [0.25, 0.3) is 22.8 Å². The van der Waals surface area contributed by atoms with Gasteiger partial charge in [0.15, 0.2) is 0 Å². The zero-order chi connectivity index (χ0) is 14.8. The summed E-state index contributed by atoms with van der Waals surface area (Å²) in [5.74, 6) is 1.82. The number of rotatable bonds is 3. The number of phenolic OH excluding ortho intramolecular Hbond substituents is 1. The van der Waals surface area contributed by atoms with Gasteiger partial charge in [0, 0.05) is 11.1 Å². The number of aromatic hydroxyl groups is 1. The van der Waals surface area contributed by atoms with Crippen molar-refractivity contribution in [1.29, 1.82) is 0 Å². The van der Waals surface area contributed by atoms with E-state index in [4.69, 9.17) is 9.26 Å². The highest BCUT2D eigenvalue weighted by molar-refractivity contribution is 9.10. The van der Waals surface area contributed by atoms with Crippen molar-refractivity contribution in [2.24, 2.45) is 0 Å². The van der Waals surface area contributed by atoms with Crippen LogP contribution in [0.2, 0.25) is 0 Å². The van der Waals surface area contributed by atoms with Crippen LogP contribution in [0.15, 0.2) is 51.5 Å². The molecule has 106 valence electrons. The topological polar surface area (TPSA) is 68.4 Å². The molecule has 3 rings (SSSR count). The van der Waals surface area contributed by atoms with Crippen LogP contribution in [0.4, 0.5) is 0 Å². The summed E-state index contributed by atoms with van der Waals surface area (Å²) in [4.78, 5) is 4.36. The fourth-order valence-electron chi connectivity index (χ4n) is 1.87. The Hall–Kier alpha value is -2.34. The molecule has 5 nitrogen and oxygen atoms in total. The molecule has 0 unspecified atom stereocenters. The van der Waals surface area contributed by atoms with Gasteiger partial charge >= 0.3 is 0 Å². The first-order valence-corrected chi connectivity index (χ1v) is 6.93. The summed E-state index contributed by atoms with van der Waals surface area (Å²) in [6.07, 6.45) is 0. The van der Waals surface area contributed by atoms with Gasteiger partial charge in [0.2, 0.25) is 5.82 Å². The summed E-state index contributed by atoms with van der Waals surface area (Å²) in [6, 6.07) is 12.1. The van der Waals surface area contributed by atoms with Crippen molar-refractivity contribution in [3.63, 3.8) is 0 Å². The van der Waals surface area contributed by atoms with E-state index in [1.807, 2.05) is 18.2 Å². The first kappa shape index (κ1) is 13.6. The molecular weight excluding hydrogens is 336 g/mol. The van der Waals surface area contributed by atoms with Crippen LogP contribution in [-0.2, 0) is 0 Å². The van der Waals surface area contributed by atoms with Crippen LogP contribution in [0.1, 0.15) is 0 Å². The van der Waals surface area contributed by atoms with Crippen molar-refractivity contribution in [1.82, 2.24) is 10.1 Å². The van der Waals surface area contributed by atoms with Crippen LogP contribution in [0.3, 0.4) is 0 Å². The van der Waals surface area contributed by atoms with E-state index < -0.39 is 0 Å². The molecule has 1 heterocycles. The van der Waals surface area contributed by atoms with Crippen LogP contribution >= 0.6 is 15.9 Å². The van der Waals surface area contributed by atoms with Gasteiger partial charge in [0.25, 0.3) is 5.89 Å². The van der Waals surface area contributed by atoms with E-state index in [0.29, 0.717) is 11.7 Å². The Morgan fingerprint density at radius 3 is 2.48 bits per heavy atom. The first-order chi connectivity index (χ1) is 10.2. The summed E-state index contributed by atoms with van der Waals surface area (Å²) in [6.45, 7) is 0. The molecule has 0 amide bonds. The van der Waals surface area contributed by atoms with Crippen LogP contribution < -0.4 is 4.74 Å². The lowest BCUT2D eigenvalue weighted by atomic mass is 10.2. The van der Waals surface area contributed by atoms with E-state index in [2.05, 4.69) is 26.1 Å². The maximum Gasteiger partial charge on any atom is 0.258 e. The summed E-state index contributed by atoms with van der Waals surface area (Å²) < 4.78 is 11.3. The molecule has 0 fully saturated rings. The third kappa shape index (κ3) is 2.75. The standard InChI is InChI=1S/C15H11BrN2O3/c1-20-13-7-4-10(8-12(13)16)14-17-15(21-18-14)9-2-5-11(19)6-3-9/h2-8,19H,1H3. The minimum absolute atomic E-state index is 0.192. The average molecular weight is 347 g/mol. The fraction of sp³-hybridized carbons (Fsp3) is 0.0667. The molecule has 0 saturated heterocycles. The van der Waals surface area contributed by atoms with Gasteiger partial charge < -0.3 is 14.4 Å². The highest BCUT2D eigenvalue weighted by Crippen LogP contribution is 2.30. The summed E-state index contributed by atoms with van der Waals surface area (Å²) in [5.41, 5.74) is 1.57. The van der Waals surface area contributed by atoms with Crippen LogP contribution in [0.5, 0.6) is 11.5 Å². The molecule has 21 heavy (non-hydrogen) atoms. The van der Waals surface area contributed by atoms with Gasteiger partial charge in [-0.25, -0.2) is 0 Å². The minimum atomic E-state index is 0.192. The van der Waals surface area contributed by atoms with Gasteiger partial charge in [-0.1, -0.05) is 5.16 Å². The third-order valence-corrected chi connectivity index (χ3v) is 3.57. The maximum absolute atomic E-state index is 9.28. The highest BCUT2D eigenvalue weighted by Gasteiger charge is 2.12. The first-order valence-electron chi connectivity index (χ1n) is 6.14. The number of benzene rings is 2. The number of hydrogen-bond acceptors (Lipinski definition) is 5. The normalized spacial score (nSPS) is 10.6. The zero-order valence-corrected chi connectivity index (χ0v) is 12.7. The smallest absolute Gasteiger partial charge is 0.258 e. The van der Waals surface area contributed by atoms with Crippen molar-refractivity contribution < 1.29 is 14.4 Å². The maximum atomic E-state index is 9.28. The molecule has 0 bridgehead atoms. The molecule has 0 aliphatic rings. The monoisotopic (exact) mass is 346 g/mol. The third-order valence-electron chi connectivity index (χ3n) is 2.95. The quantitative estimate of drug-likeness (QED) is 0.779. The van der Waals surface area contributed by atoms with E-state index >= 15 is 0 Å². The lowest BCUT2D eigenvalue weighted by Crippen LogP contribution is -1.86. The van der Waals surface area contributed by atoms with Crippen molar-refractivity contribution >= 4 is 15.9 Å². The van der Waals surface area contributed by atoms with Gasteiger partial charge in [-0.15, -0.1) is 0 Å². The SMILES string of the molecule is COc1ccc(-c2noc(-c3ccc(O)cc3)n2)cc1Br. The zero-order valence-electron chi connectivity index (χ0n) is 11.1. The number of ether oxygens (including phenoxy) is 1. The molecule has 1 N–H and O–H groups in total. The molecule has 1 aromatic heterocycles. The molecule has 0 radical (unpaired) electrons. The summed E-state index contributed by atoms with van der Waals surface area (Å²) in [5, 5.41) is 13.3. The van der Waals surface area contributed by atoms with Gasteiger partial charge in [-0.05, 0) is 58.4 Å². The van der Waals surface area contributed by atoms with Crippen molar-refractivity contribution in [3.05, 3.63) is 46.9 Å². The van der Waals surface area contributed by atoms with Crippen molar-refractivity contribution in [2.75, 3.05) is 7.11 Å². The van der Waals surface area contributed by atoms with Crippen LogP contribution in [-0.4, -0.2) is 22.4 Å². The van der Waals surface area contributed by atoms with Gasteiger partial charge in [0.05, 0.1) is 11.6 Å². The number of halogens is 1. The second-order valence-electron chi connectivity index (χ2n) is 4.32. The van der Waals surface area contributed by atoms with Crippen LogP contribution in [0, 0.1) is 0 Å². The van der Waals surface area contributed by atoms with Crippen molar-refractivity contribution in [2.45, 2.75) is 0 Å². The largest absolute Gasteiger partial charge is 0.508 e. The molecule has 0 saturated carbocycles. The lowest BCUT2D eigenvalue weighted by molar-refractivity contribution is 0.412. The number of hydrogen-bond donors (Lipinski definition) is 1. The summed E-state index contributed by atoms with van der Waals surface area (Å²) >= 11 is 3.43. The van der Waals surface area contributed by atoms with Crippen molar-refractivity contribution in [3.8, 4) is 34.3 Å². The number of nitrogens with zero attached hydrogens (tertiary/aromatic N) is 2. The average Bonchev–Trinajstić information content (AvgIpc) is 2.98. The molecule has 0 aliphatic heterocycles. The molecule has 2 aromatic carbocycles. The predicted octanol–water partition coefficient (Wildman–Crippen LogP) is 3.88. The number of aromatic nitrogens is 2. The van der Waals surface area contributed by atoms with E-state index in [1.54, 1.807) is 31.4 Å². The molecule has 0 aliphatic carbocycles. The lowest BCUT2D eigenvalue weighted by Gasteiger charge is -2.03. The minimum Gasteiger partial charge on any atom is -0.508 e. The Kier molecular flexibility index (Phi) is 3.62. The Morgan fingerprint density at radius 1 is 1.10 bits per heavy atom. The molecule has 6 heteroatoms. The summed E-state index contributed by atoms with van der Waals surface area (Å²) in [7, 11) is 1.61. The second-order valence-corrected chi connectivity index (χ2v) is 5.17. The van der Waals surface area contributed by atoms with Gasteiger partial charge in [0.1, 0.15) is 11.5 Å². The fourth-order valence-corrected chi connectivity index (χ4v) is 2.41. The Bertz CT molecular complexity index is 769. The molecule has 0 atom stereocenters. The second kappa shape index (κ2) is 5.57. The molecule has 3 aromatic rings. The molecule has 0 spiro atoms. The van der Waals surface area contributed by atoms with E-state index in [0.717, 1.165) is 21.3 Å². The van der Waals surface area contributed by atoms with E-state index in [1.165, 1.54) is 0 Å². The Morgan fingerprint density at radius 2 is 1.81 bits per heavy atom. The number of methoxy groups -OCH3 is 1. The Balaban J connectivity index is 1.94. The van der Waals surface area contributed by atoms with E-state index in [-0.39, 0.29) is 5.75 Å². The molecular formula is C15H11BrN2O3. The van der Waals surface area contributed by atoms with Gasteiger partial charge in [-0.3, -0.25) is 0 Å². The van der Waals surface area contributed by atoms with Gasteiger partial charge in [-0.2, -0.15) is 4.98 Å². The predicted molar refractivity (Wildman–Crippen MR) is 81.1 cm³/mol. The highest BCUT2D eigenvalue weighted by atomic mass is 79.9.